The van der Waals surface area contributed by atoms with Gasteiger partial charge in [0.15, 0.2) is 5.78 Å². The van der Waals surface area contributed by atoms with E-state index < -0.39 is 23.6 Å². The molecule has 0 aliphatic heterocycles. The molecular formula is C24H34O6. The molecule has 3 aliphatic rings. The fourth-order valence-corrected chi connectivity index (χ4v) is 5.98. The summed E-state index contributed by atoms with van der Waals surface area (Å²) in [5.74, 6) is -0.981. The van der Waals surface area contributed by atoms with Crippen molar-refractivity contribution in [2.24, 2.45) is 22.7 Å². The normalized spacial score (nSPS) is 36.1. The van der Waals surface area contributed by atoms with Crippen LogP contribution in [-0.2, 0) is 23.9 Å². The van der Waals surface area contributed by atoms with E-state index in [1.165, 1.54) is 13.8 Å². The SMILES string of the molecule is CC(=O)OCC1=C2C=C3C(=O)[C@@H](O)[C@H](C(C)C)[C@@]3(C)CC[C@]2(C)CC[C@@H]1OC(C)=O. The number of allylic oxidation sites excluding steroid dienone is 2. The van der Waals surface area contributed by atoms with Gasteiger partial charge in [-0.25, -0.2) is 0 Å². The van der Waals surface area contributed by atoms with Crippen molar-refractivity contribution in [2.45, 2.75) is 79.4 Å². The first-order chi connectivity index (χ1) is 13.9. The molecule has 3 aliphatic carbocycles. The van der Waals surface area contributed by atoms with Crippen LogP contribution in [0.5, 0.6) is 0 Å². The predicted octanol–water partition coefficient (Wildman–Crippen LogP) is 3.52. The van der Waals surface area contributed by atoms with Crippen LogP contribution in [0.25, 0.3) is 0 Å². The Morgan fingerprint density at radius 1 is 1.17 bits per heavy atom. The van der Waals surface area contributed by atoms with E-state index in [1.54, 1.807) is 0 Å². The first-order valence-electron chi connectivity index (χ1n) is 10.9. The van der Waals surface area contributed by atoms with Crippen molar-refractivity contribution in [3.05, 3.63) is 22.8 Å². The summed E-state index contributed by atoms with van der Waals surface area (Å²) in [5, 5.41) is 10.7. The first-order valence-corrected chi connectivity index (χ1v) is 10.9. The molecule has 0 spiro atoms. The Morgan fingerprint density at radius 3 is 2.40 bits per heavy atom. The lowest BCUT2D eigenvalue weighted by atomic mass is 9.65. The maximum atomic E-state index is 13.1. The summed E-state index contributed by atoms with van der Waals surface area (Å²) < 4.78 is 10.9. The van der Waals surface area contributed by atoms with Crippen LogP contribution in [0.2, 0.25) is 0 Å². The lowest BCUT2D eigenvalue weighted by Gasteiger charge is -2.41. The van der Waals surface area contributed by atoms with Crippen LogP contribution in [0, 0.1) is 22.7 Å². The molecular weight excluding hydrogens is 384 g/mol. The van der Waals surface area contributed by atoms with Crippen molar-refractivity contribution in [3.8, 4) is 0 Å². The number of carbonyl (C=O) groups excluding carboxylic acids is 3. The second kappa shape index (κ2) is 7.95. The van der Waals surface area contributed by atoms with Gasteiger partial charge in [0, 0.05) is 36.3 Å². The molecule has 6 nitrogen and oxygen atoms in total. The average Bonchev–Trinajstić information content (AvgIpc) is 2.74. The Labute approximate surface area is 178 Å². The number of hydrogen-bond donors (Lipinski definition) is 1. The second-order valence-electron chi connectivity index (χ2n) is 9.97. The number of aliphatic hydroxyl groups excluding tert-OH is 1. The number of ether oxygens (including phenoxy) is 2. The molecule has 0 saturated heterocycles. The fourth-order valence-electron chi connectivity index (χ4n) is 5.98. The van der Waals surface area contributed by atoms with Gasteiger partial charge in [-0.15, -0.1) is 0 Å². The molecule has 0 radical (unpaired) electrons. The summed E-state index contributed by atoms with van der Waals surface area (Å²) in [6.07, 6.45) is 3.55. The third kappa shape index (κ3) is 3.75. The Kier molecular flexibility index (Phi) is 6.02. The molecule has 6 heteroatoms. The minimum Gasteiger partial charge on any atom is -0.461 e. The van der Waals surface area contributed by atoms with Gasteiger partial charge in [0.1, 0.15) is 18.8 Å². The minimum absolute atomic E-state index is 0.0308. The average molecular weight is 419 g/mol. The Balaban J connectivity index is 2.18. The van der Waals surface area contributed by atoms with E-state index in [1.807, 2.05) is 6.08 Å². The van der Waals surface area contributed by atoms with E-state index in [4.69, 9.17) is 9.47 Å². The summed E-state index contributed by atoms with van der Waals surface area (Å²) >= 11 is 0. The molecule has 0 unspecified atom stereocenters. The molecule has 0 bridgehead atoms. The van der Waals surface area contributed by atoms with E-state index in [0.29, 0.717) is 12.0 Å². The largest absolute Gasteiger partial charge is 0.461 e. The first kappa shape index (κ1) is 22.7. The second-order valence-corrected chi connectivity index (χ2v) is 9.97. The van der Waals surface area contributed by atoms with E-state index in [-0.39, 0.29) is 35.6 Å². The monoisotopic (exact) mass is 418 g/mol. The van der Waals surface area contributed by atoms with E-state index in [2.05, 4.69) is 27.7 Å². The molecule has 3 rings (SSSR count). The summed E-state index contributed by atoms with van der Waals surface area (Å²) in [6.45, 7) is 11.1. The van der Waals surface area contributed by atoms with Gasteiger partial charge in [-0.1, -0.05) is 33.8 Å². The molecule has 1 N–H and O–H groups in total. The van der Waals surface area contributed by atoms with Crippen LogP contribution in [0.3, 0.4) is 0 Å². The molecule has 0 amide bonds. The smallest absolute Gasteiger partial charge is 0.303 e. The number of ketones is 1. The summed E-state index contributed by atoms with van der Waals surface area (Å²) in [6, 6.07) is 0. The third-order valence-electron chi connectivity index (χ3n) is 7.51. The summed E-state index contributed by atoms with van der Waals surface area (Å²) in [4.78, 5) is 36.3. The van der Waals surface area contributed by atoms with Crippen molar-refractivity contribution >= 4 is 17.7 Å². The zero-order valence-electron chi connectivity index (χ0n) is 18.9. The number of rotatable bonds is 4. The fraction of sp³-hybridized carbons (Fsp3) is 0.708. The van der Waals surface area contributed by atoms with Gasteiger partial charge in [0.25, 0.3) is 0 Å². The number of aliphatic hydroxyl groups is 1. The van der Waals surface area contributed by atoms with Gasteiger partial charge < -0.3 is 14.6 Å². The van der Waals surface area contributed by atoms with Gasteiger partial charge in [0.2, 0.25) is 0 Å². The van der Waals surface area contributed by atoms with Crippen molar-refractivity contribution in [2.75, 3.05) is 6.61 Å². The van der Waals surface area contributed by atoms with Crippen LogP contribution < -0.4 is 0 Å². The number of Topliss-reactive ketones (excluding diaryl/α,β-unsaturated/α-hetero) is 1. The van der Waals surface area contributed by atoms with Crippen molar-refractivity contribution < 1.29 is 29.0 Å². The molecule has 30 heavy (non-hydrogen) atoms. The number of fused-ring (bicyclic) bond motifs is 2. The lowest BCUT2D eigenvalue weighted by Crippen LogP contribution is -2.36. The molecule has 1 fully saturated rings. The highest BCUT2D eigenvalue weighted by atomic mass is 16.6. The van der Waals surface area contributed by atoms with E-state index in [9.17, 15) is 19.5 Å². The Hall–Kier alpha value is -1.95. The van der Waals surface area contributed by atoms with Crippen molar-refractivity contribution in [3.63, 3.8) is 0 Å². The minimum atomic E-state index is -1.00. The Morgan fingerprint density at radius 2 is 1.83 bits per heavy atom. The number of carbonyl (C=O) groups is 3. The highest BCUT2D eigenvalue weighted by Crippen LogP contribution is 2.58. The van der Waals surface area contributed by atoms with Gasteiger partial charge in [-0.2, -0.15) is 0 Å². The zero-order valence-corrected chi connectivity index (χ0v) is 18.9. The van der Waals surface area contributed by atoms with Gasteiger partial charge in [-0.3, -0.25) is 14.4 Å². The van der Waals surface area contributed by atoms with E-state index in [0.717, 1.165) is 30.4 Å². The standard InChI is InChI=1S/C24H34O6/c1-13(2)20-22(28)21(27)18-11-17-16(12-29-14(3)25)19(30-15(4)26)7-8-23(17,5)9-10-24(18,20)6/h11,13,19-20,22,28H,7-10,12H2,1-6H3/t19-,20-,22-,23-,24-/m0/s1. The number of esters is 2. The number of hydrogen-bond acceptors (Lipinski definition) is 6. The van der Waals surface area contributed by atoms with Crippen LogP contribution in [0.1, 0.15) is 67.2 Å². The topological polar surface area (TPSA) is 89.9 Å². The molecule has 1 saturated carbocycles. The summed E-state index contributed by atoms with van der Waals surface area (Å²) in [5.41, 5.74) is 1.70. The maximum absolute atomic E-state index is 13.1. The molecule has 0 aromatic carbocycles. The van der Waals surface area contributed by atoms with Crippen molar-refractivity contribution in [1.29, 1.82) is 0 Å². The quantitative estimate of drug-likeness (QED) is 0.703. The van der Waals surface area contributed by atoms with Gasteiger partial charge in [0.05, 0.1) is 0 Å². The van der Waals surface area contributed by atoms with E-state index >= 15 is 0 Å². The van der Waals surface area contributed by atoms with Crippen LogP contribution in [0.15, 0.2) is 22.8 Å². The van der Waals surface area contributed by atoms with Crippen LogP contribution in [-0.4, -0.2) is 41.6 Å². The zero-order chi connectivity index (χ0) is 22.4. The van der Waals surface area contributed by atoms with Crippen LogP contribution in [0.4, 0.5) is 0 Å². The summed E-state index contributed by atoms with van der Waals surface area (Å²) in [7, 11) is 0. The third-order valence-corrected chi connectivity index (χ3v) is 7.51. The highest BCUT2D eigenvalue weighted by Gasteiger charge is 2.57. The van der Waals surface area contributed by atoms with Gasteiger partial charge in [-0.05, 0) is 42.6 Å². The van der Waals surface area contributed by atoms with Crippen molar-refractivity contribution in [1.82, 2.24) is 0 Å². The molecule has 166 valence electrons. The maximum Gasteiger partial charge on any atom is 0.303 e. The molecule has 0 aromatic rings. The molecule has 5 atom stereocenters. The van der Waals surface area contributed by atoms with Gasteiger partial charge >= 0.3 is 11.9 Å². The van der Waals surface area contributed by atoms with Crippen LogP contribution >= 0.6 is 0 Å². The lowest BCUT2D eigenvalue weighted by molar-refractivity contribution is -0.146. The Bertz CT molecular complexity index is 822. The molecule has 0 heterocycles. The predicted molar refractivity (Wildman–Crippen MR) is 111 cm³/mol. The molecule has 0 aromatic heterocycles. The highest BCUT2D eigenvalue weighted by molar-refractivity contribution is 6.03.